The molecular weight excluding hydrogens is 293 g/mol. The van der Waals surface area contributed by atoms with E-state index in [2.05, 4.69) is 9.97 Å². The lowest BCUT2D eigenvalue weighted by Gasteiger charge is -2.13. The number of nitrogens with zero attached hydrogens (tertiary/aromatic N) is 3. The van der Waals surface area contributed by atoms with Crippen molar-refractivity contribution < 1.29 is 14.3 Å². The topological polar surface area (TPSA) is 66.2 Å². The number of carbonyl (C=O) groups is 1. The second-order valence-electron chi connectivity index (χ2n) is 3.78. The summed E-state index contributed by atoms with van der Waals surface area (Å²) in [5, 5.41) is 0.687. The summed E-state index contributed by atoms with van der Waals surface area (Å²) in [6.45, 7) is 3.07. The van der Waals surface area contributed by atoms with Gasteiger partial charge in [-0.05, 0) is 6.92 Å². The number of aromatic nitrogens is 3. The number of hydrogen-bond donors (Lipinski definition) is 0. The second-order valence-corrected chi connectivity index (χ2v) is 4.55. The van der Waals surface area contributed by atoms with E-state index < -0.39 is 12.3 Å². The third kappa shape index (κ3) is 3.15. The average molecular weight is 304 g/mol. The average Bonchev–Trinajstić information content (AvgIpc) is 2.75. The van der Waals surface area contributed by atoms with Gasteiger partial charge in [-0.2, -0.15) is 0 Å². The standard InChI is InChI=1S/C11H11Cl2N3O3/c1-6(17)19-7(2)18-5-16-4-15-9-10(16)8(12)3-14-11(9)13/h3-4,7H,5H2,1-2H3. The Morgan fingerprint density at radius 1 is 1.47 bits per heavy atom. The van der Waals surface area contributed by atoms with E-state index >= 15 is 0 Å². The number of halogens is 2. The van der Waals surface area contributed by atoms with Crippen molar-refractivity contribution in [1.29, 1.82) is 0 Å². The Balaban J connectivity index is 2.18. The molecule has 0 aliphatic carbocycles. The van der Waals surface area contributed by atoms with Gasteiger partial charge in [0.05, 0.1) is 16.9 Å². The van der Waals surface area contributed by atoms with Crippen LogP contribution in [0.4, 0.5) is 0 Å². The molecule has 1 unspecified atom stereocenters. The number of pyridine rings is 1. The van der Waals surface area contributed by atoms with Crippen molar-refractivity contribution in [2.75, 3.05) is 0 Å². The predicted octanol–water partition coefficient (Wildman–Crippen LogP) is 2.62. The van der Waals surface area contributed by atoms with Crippen molar-refractivity contribution in [3.63, 3.8) is 0 Å². The third-order valence-corrected chi connectivity index (χ3v) is 2.88. The number of fused-ring (bicyclic) bond motifs is 1. The maximum atomic E-state index is 10.8. The van der Waals surface area contributed by atoms with E-state index in [0.29, 0.717) is 16.1 Å². The van der Waals surface area contributed by atoms with E-state index in [9.17, 15) is 4.79 Å². The quantitative estimate of drug-likeness (QED) is 0.493. The summed E-state index contributed by atoms with van der Waals surface area (Å²) in [7, 11) is 0. The van der Waals surface area contributed by atoms with Gasteiger partial charge in [0.2, 0.25) is 6.29 Å². The van der Waals surface area contributed by atoms with E-state index in [0.717, 1.165) is 0 Å². The van der Waals surface area contributed by atoms with Crippen LogP contribution in [0.5, 0.6) is 0 Å². The highest BCUT2D eigenvalue weighted by molar-refractivity contribution is 6.38. The van der Waals surface area contributed by atoms with Crippen molar-refractivity contribution in [2.45, 2.75) is 26.9 Å². The molecule has 19 heavy (non-hydrogen) atoms. The highest BCUT2D eigenvalue weighted by Gasteiger charge is 2.13. The molecule has 0 saturated carbocycles. The molecule has 2 aromatic heterocycles. The zero-order valence-electron chi connectivity index (χ0n) is 10.3. The SMILES string of the molecule is CC(=O)OC(C)OCn1cnc2c(Cl)ncc(Cl)c21. The van der Waals surface area contributed by atoms with Gasteiger partial charge in [0.25, 0.3) is 0 Å². The van der Waals surface area contributed by atoms with E-state index in [1.807, 2.05) is 0 Å². The Hall–Kier alpha value is -1.37. The van der Waals surface area contributed by atoms with Crippen LogP contribution in [0, 0.1) is 0 Å². The van der Waals surface area contributed by atoms with Gasteiger partial charge in [-0.1, -0.05) is 23.2 Å². The van der Waals surface area contributed by atoms with Crippen molar-refractivity contribution in [3.8, 4) is 0 Å². The molecule has 6 nitrogen and oxygen atoms in total. The van der Waals surface area contributed by atoms with Gasteiger partial charge in [-0.25, -0.2) is 9.97 Å². The van der Waals surface area contributed by atoms with Crippen LogP contribution >= 0.6 is 23.2 Å². The number of ether oxygens (including phenoxy) is 2. The Kier molecular flexibility index (Phi) is 4.24. The van der Waals surface area contributed by atoms with Crippen LogP contribution < -0.4 is 0 Å². The fraction of sp³-hybridized carbons (Fsp3) is 0.364. The summed E-state index contributed by atoms with van der Waals surface area (Å²) < 4.78 is 11.9. The Bertz CT molecular complexity index is 614. The van der Waals surface area contributed by atoms with Crippen LogP contribution in [0.2, 0.25) is 10.2 Å². The van der Waals surface area contributed by atoms with Gasteiger partial charge in [0, 0.05) is 13.1 Å². The molecule has 0 aliphatic rings. The maximum Gasteiger partial charge on any atom is 0.304 e. The second kappa shape index (κ2) is 5.73. The number of imidazole rings is 1. The molecule has 102 valence electrons. The van der Waals surface area contributed by atoms with Crippen LogP contribution in [-0.4, -0.2) is 26.8 Å². The van der Waals surface area contributed by atoms with Crippen molar-refractivity contribution in [2.24, 2.45) is 0 Å². The zero-order valence-corrected chi connectivity index (χ0v) is 11.8. The first-order valence-corrected chi connectivity index (χ1v) is 6.18. The zero-order chi connectivity index (χ0) is 14.0. The molecule has 2 rings (SSSR count). The van der Waals surface area contributed by atoms with Crippen molar-refractivity contribution in [3.05, 3.63) is 22.7 Å². The van der Waals surface area contributed by atoms with Crippen molar-refractivity contribution in [1.82, 2.24) is 14.5 Å². The van der Waals surface area contributed by atoms with Gasteiger partial charge in [0.1, 0.15) is 12.2 Å². The van der Waals surface area contributed by atoms with E-state index in [-0.39, 0.29) is 11.9 Å². The molecule has 1 atom stereocenters. The van der Waals surface area contributed by atoms with Crippen LogP contribution in [0.3, 0.4) is 0 Å². The minimum atomic E-state index is -0.661. The molecule has 0 saturated heterocycles. The fourth-order valence-corrected chi connectivity index (χ4v) is 2.00. The lowest BCUT2D eigenvalue weighted by molar-refractivity contribution is -0.178. The fourth-order valence-electron chi connectivity index (χ4n) is 1.57. The molecule has 0 bridgehead atoms. The normalized spacial score (nSPS) is 12.6. The highest BCUT2D eigenvalue weighted by Crippen LogP contribution is 2.26. The number of rotatable bonds is 4. The summed E-state index contributed by atoms with van der Waals surface area (Å²) >= 11 is 12.0. The minimum absolute atomic E-state index is 0.130. The minimum Gasteiger partial charge on any atom is -0.436 e. The van der Waals surface area contributed by atoms with Gasteiger partial charge < -0.3 is 14.0 Å². The molecule has 2 heterocycles. The Morgan fingerprint density at radius 3 is 2.89 bits per heavy atom. The number of esters is 1. The van der Waals surface area contributed by atoms with Crippen LogP contribution in [0.1, 0.15) is 13.8 Å². The molecule has 0 radical (unpaired) electrons. The predicted molar refractivity (Wildman–Crippen MR) is 69.9 cm³/mol. The summed E-state index contributed by atoms with van der Waals surface area (Å²) in [5.41, 5.74) is 1.12. The smallest absolute Gasteiger partial charge is 0.304 e. The van der Waals surface area contributed by atoms with Gasteiger partial charge in [0.15, 0.2) is 5.15 Å². The monoisotopic (exact) mass is 303 g/mol. The summed E-state index contributed by atoms with van der Waals surface area (Å²) in [4.78, 5) is 18.8. The summed E-state index contributed by atoms with van der Waals surface area (Å²) in [6.07, 6.45) is 2.32. The first-order valence-electron chi connectivity index (χ1n) is 5.42. The molecular formula is C11H11Cl2N3O3. The van der Waals surface area contributed by atoms with E-state index in [1.54, 1.807) is 11.5 Å². The highest BCUT2D eigenvalue weighted by atomic mass is 35.5. The third-order valence-electron chi connectivity index (χ3n) is 2.33. The Morgan fingerprint density at radius 2 is 2.21 bits per heavy atom. The molecule has 8 heteroatoms. The molecule has 0 aromatic carbocycles. The number of carbonyl (C=O) groups excluding carboxylic acids is 1. The molecule has 2 aromatic rings. The van der Waals surface area contributed by atoms with Gasteiger partial charge >= 0.3 is 5.97 Å². The maximum absolute atomic E-state index is 10.8. The van der Waals surface area contributed by atoms with Gasteiger partial charge in [-0.3, -0.25) is 4.79 Å². The molecule has 0 fully saturated rings. The molecule has 0 spiro atoms. The van der Waals surface area contributed by atoms with Crippen LogP contribution in [0.15, 0.2) is 12.5 Å². The summed E-state index contributed by atoms with van der Waals surface area (Å²) in [5.74, 6) is -0.409. The molecule has 0 amide bonds. The van der Waals surface area contributed by atoms with Crippen LogP contribution in [-0.2, 0) is 21.0 Å². The first kappa shape index (κ1) is 14.0. The lowest BCUT2D eigenvalue weighted by atomic mass is 10.4. The first-order chi connectivity index (χ1) is 8.99. The lowest BCUT2D eigenvalue weighted by Crippen LogP contribution is -2.17. The Labute approximate surface area is 119 Å². The number of hydrogen-bond acceptors (Lipinski definition) is 5. The molecule has 0 aliphatic heterocycles. The van der Waals surface area contributed by atoms with Crippen molar-refractivity contribution >= 4 is 40.2 Å². The van der Waals surface area contributed by atoms with E-state index in [1.165, 1.54) is 19.4 Å². The van der Waals surface area contributed by atoms with Gasteiger partial charge in [-0.15, -0.1) is 0 Å². The summed E-state index contributed by atoms with van der Waals surface area (Å²) in [6, 6.07) is 0. The van der Waals surface area contributed by atoms with E-state index in [4.69, 9.17) is 32.7 Å². The largest absolute Gasteiger partial charge is 0.436 e. The van der Waals surface area contributed by atoms with Crippen LogP contribution in [0.25, 0.3) is 11.0 Å². The molecule has 0 N–H and O–H groups in total.